The van der Waals surface area contributed by atoms with Crippen LogP contribution in [0.1, 0.15) is 39.7 Å². The Labute approximate surface area is 177 Å². The summed E-state index contributed by atoms with van der Waals surface area (Å²) < 4.78 is 48.8. The molecule has 0 N–H and O–H groups in total. The molecule has 0 saturated carbocycles. The number of methoxy groups -OCH3 is 1. The number of hydrogen-bond donors (Lipinski definition) is 0. The highest BCUT2D eigenvalue weighted by Gasteiger charge is 2.24. The summed E-state index contributed by atoms with van der Waals surface area (Å²) in [6, 6.07) is 9.28. The standard InChI is InChI=1S/C22H28FNO5S/c1-6-16(4)24(22(25)15(2)3)14-17-7-12-20(28-5)21(13-17)29-30(26,27)19-10-8-18(23)9-11-19/h7-13,15-16H,6,14H2,1-5H3. The smallest absolute Gasteiger partial charge is 0.339 e. The van der Waals surface area contributed by atoms with Crippen LogP contribution in [0.25, 0.3) is 0 Å². The molecule has 0 heterocycles. The van der Waals surface area contributed by atoms with Gasteiger partial charge in [0.05, 0.1) is 7.11 Å². The average molecular weight is 438 g/mol. The van der Waals surface area contributed by atoms with E-state index in [2.05, 4.69) is 0 Å². The fourth-order valence-electron chi connectivity index (χ4n) is 2.85. The molecule has 30 heavy (non-hydrogen) atoms. The molecule has 2 aromatic carbocycles. The molecule has 0 spiro atoms. The minimum absolute atomic E-state index is 0.000391. The highest BCUT2D eigenvalue weighted by atomic mass is 32.2. The monoisotopic (exact) mass is 437 g/mol. The quantitative estimate of drug-likeness (QED) is 0.544. The Hall–Kier alpha value is -2.61. The van der Waals surface area contributed by atoms with Gasteiger partial charge in [-0.2, -0.15) is 8.42 Å². The first-order valence-corrected chi connectivity index (χ1v) is 11.2. The number of carbonyl (C=O) groups excluding carboxylic acids is 1. The van der Waals surface area contributed by atoms with Gasteiger partial charge in [-0.3, -0.25) is 4.79 Å². The van der Waals surface area contributed by atoms with Gasteiger partial charge in [0, 0.05) is 18.5 Å². The zero-order chi connectivity index (χ0) is 22.5. The molecule has 1 amide bonds. The van der Waals surface area contributed by atoms with Crippen molar-refractivity contribution >= 4 is 16.0 Å². The maximum atomic E-state index is 13.1. The van der Waals surface area contributed by atoms with Crippen molar-refractivity contribution in [3.8, 4) is 11.5 Å². The molecule has 0 fully saturated rings. The Morgan fingerprint density at radius 3 is 2.23 bits per heavy atom. The number of amides is 1. The fraction of sp³-hybridized carbons (Fsp3) is 0.409. The second kappa shape index (κ2) is 9.93. The van der Waals surface area contributed by atoms with Crippen LogP contribution in [-0.4, -0.2) is 32.4 Å². The fourth-order valence-corrected chi connectivity index (χ4v) is 3.78. The summed E-state index contributed by atoms with van der Waals surface area (Å²) in [5, 5.41) is 0. The van der Waals surface area contributed by atoms with Crippen LogP contribution < -0.4 is 8.92 Å². The topological polar surface area (TPSA) is 72.9 Å². The normalized spacial score (nSPS) is 12.5. The molecule has 0 aliphatic carbocycles. The van der Waals surface area contributed by atoms with Gasteiger partial charge in [-0.1, -0.05) is 26.8 Å². The van der Waals surface area contributed by atoms with Crippen molar-refractivity contribution in [1.29, 1.82) is 0 Å². The van der Waals surface area contributed by atoms with Crippen molar-refractivity contribution < 1.29 is 26.5 Å². The number of rotatable bonds is 9. The first-order chi connectivity index (χ1) is 14.1. The van der Waals surface area contributed by atoms with Crippen molar-refractivity contribution in [3.05, 3.63) is 53.8 Å². The molecule has 0 bridgehead atoms. The maximum Gasteiger partial charge on any atom is 0.339 e. The van der Waals surface area contributed by atoms with Gasteiger partial charge in [-0.15, -0.1) is 0 Å². The van der Waals surface area contributed by atoms with Gasteiger partial charge in [0.15, 0.2) is 11.5 Å². The maximum absolute atomic E-state index is 13.1. The lowest BCUT2D eigenvalue weighted by Gasteiger charge is -2.30. The van der Waals surface area contributed by atoms with Crippen LogP contribution in [0.15, 0.2) is 47.4 Å². The van der Waals surface area contributed by atoms with Gasteiger partial charge in [0.2, 0.25) is 5.91 Å². The summed E-state index contributed by atoms with van der Waals surface area (Å²) in [4.78, 5) is 14.2. The number of halogens is 1. The molecule has 0 radical (unpaired) electrons. The van der Waals surface area contributed by atoms with Crippen LogP contribution in [0.4, 0.5) is 4.39 Å². The highest BCUT2D eigenvalue weighted by Crippen LogP contribution is 2.32. The molecule has 2 aromatic rings. The Morgan fingerprint density at radius 2 is 1.70 bits per heavy atom. The predicted molar refractivity (Wildman–Crippen MR) is 112 cm³/mol. The molecule has 2 rings (SSSR count). The Balaban J connectivity index is 2.36. The minimum Gasteiger partial charge on any atom is -0.493 e. The van der Waals surface area contributed by atoms with Gasteiger partial charge in [-0.25, -0.2) is 4.39 Å². The highest BCUT2D eigenvalue weighted by molar-refractivity contribution is 7.87. The van der Waals surface area contributed by atoms with E-state index in [4.69, 9.17) is 8.92 Å². The Bertz CT molecular complexity index is 974. The van der Waals surface area contributed by atoms with Crippen molar-refractivity contribution in [1.82, 2.24) is 4.90 Å². The van der Waals surface area contributed by atoms with Gasteiger partial charge in [-0.05, 0) is 55.3 Å². The molecule has 0 saturated heterocycles. The van der Waals surface area contributed by atoms with Gasteiger partial charge in [0.1, 0.15) is 10.7 Å². The average Bonchev–Trinajstić information content (AvgIpc) is 2.71. The second-order valence-corrected chi connectivity index (χ2v) is 8.90. The summed E-state index contributed by atoms with van der Waals surface area (Å²) >= 11 is 0. The zero-order valence-corrected chi connectivity index (χ0v) is 18.7. The first-order valence-electron chi connectivity index (χ1n) is 9.76. The molecule has 164 valence electrons. The molecule has 0 aliphatic heterocycles. The molecule has 1 atom stereocenters. The van der Waals surface area contributed by atoms with Crippen LogP contribution in [0.3, 0.4) is 0 Å². The van der Waals surface area contributed by atoms with Crippen LogP contribution in [-0.2, 0) is 21.5 Å². The third kappa shape index (κ3) is 5.72. The van der Waals surface area contributed by atoms with E-state index in [-0.39, 0.29) is 34.3 Å². The van der Waals surface area contributed by atoms with E-state index in [0.717, 1.165) is 30.7 Å². The van der Waals surface area contributed by atoms with E-state index < -0.39 is 15.9 Å². The molecule has 8 heteroatoms. The van der Waals surface area contributed by atoms with E-state index >= 15 is 0 Å². The lowest BCUT2D eigenvalue weighted by atomic mass is 10.1. The number of carbonyl (C=O) groups is 1. The number of ether oxygens (including phenoxy) is 1. The number of benzene rings is 2. The Morgan fingerprint density at radius 1 is 1.07 bits per heavy atom. The third-order valence-electron chi connectivity index (χ3n) is 4.78. The molecule has 0 aromatic heterocycles. The van der Waals surface area contributed by atoms with Gasteiger partial charge >= 0.3 is 10.1 Å². The van der Waals surface area contributed by atoms with E-state index in [1.807, 2.05) is 27.7 Å². The zero-order valence-electron chi connectivity index (χ0n) is 17.9. The second-order valence-electron chi connectivity index (χ2n) is 7.35. The Kier molecular flexibility index (Phi) is 7.83. The van der Waals surface area contributed by atoms with Gasteiger partial charge in [0.25, 0.3) is 0 Å². The minimum atomic E-state index is -4.19. The largest absolute Gasteiger partial charge is 0.493 e. The summed E-state index contributed by atoms with van der Waals surface area (Å²) in [6.07, 6.45) is 0.789. The van der Waals surface area contributed by atoms with E-state index in [1.54, 1.807) is 23.1 Å². The summed E-state index contributed by atoms with van der Waals surface area (Å²) in [7, 11) is -2.78. The summed E-state index contributed by atoms with van der Waals surface area (Å²) in [5.74, 6) is -0.461. The van der Waals surface area contributed by atoms with Crippen molar-refractivity contribution in [2.24, 2.45) is 5.92 Å². The van der Waals surface area contributed by atoms with Crippen LogP contribution in [0.5, 0.6) is 11.5 Å². The number of hydrogen-bond acceptors (Lipinski definition) is 5. The van der Waals surface area contributed by atoms with E-state index in [0.29, 0.717) is 12.1 Å². The van der Waals surface area contributed by atoms with E-state index in [9.17, 15) is 17.6 Å². The summed E-state index contributed by atoms with van der Waals surface area (Å²) in [5.41, 5.74) is 0.703. The first kappa shape index (κ1) is 23.7. The molecular weight excluding hydrogens is 409 g/mol. The van der Waals surface area contributed by atoms with Crippen molar-refractivity contribution in [2.75, 3.05) is 7.11 Å². The van der Waals surface area contributed by atoms with Gasteiger partial charge < -0.3 is 13.8 Å². The molecule has 1 unspecified atom stereocenters. The van der Waals surface area contributed by atoms with Crippen LogP contribution in [0, 0.1) is 11.7 Å². The number of nitrogens with zero attached hydrogens (tertiary/aromatic N) is 1. The molecule has 0 aliphatic rings. The van der Waals surface area contributed by atoms with Crippen LogP contribution in [0.2, 0.25) is 0 Å². The molecule has 6 nitrogen and oxygen atoms in total. The van der Waals surface area contributed by atoms with Crippen molar-refractivity contribution in [3.63, 3.8) is 0 Å². The summed E-state index contributed by atoms with van der Waals surface area (Å²) in [6.45, 7) is 7.97. The van der Waals surface area contributed by atoms with Crippen LogP contribution >= 0.6 is 0 Å². The van der Waals surface area contributed by atoms with Crippen molar-refractivity contribution in [2.45, 2.75) is 51.6 Å². The molecular formula is C22H28FNO5S. The van der Waals surface area contributed by atoms with E-state index in [1.165, 1.54) is 7.11 Å². The SMILES string of the molecule is CCC(C)N(Cc1ccc(OC)c(OS(=O)(=O)c2ccc(F)cc2)c1)C(=O)C(C)C. The lowest BCUT2D eigenvalue weighted by molar-refractivity contribution is -0.137. The third-order valence-corrected chi connectivity index (χ3v) is 6.03. The lowest BCUT2D eigenvalue weighted by Crippen LogP contribution is -2.40. The predicted octanol–water partition coefficient (Wildman–Crippen LogP) is 4.39.